The predicted octanol–water partition coefficient (Wildman–Crippen LogP) is 6.48. The predicted molar refractivity (Wildman–Crippen MR) is 134 cm³/mol. The number of imidazole rings is 1. The van der Waals surface area contributed by atoms with Crippen LogP contribution in [0.1, 0.15) is 17.6 Å². The average molecular weight is 489 g/mol. The van der Waals surface area contributed by atoms with Crippen molar-refractivity contribution in [1.29, 1.82) is 0 Å². The van der Waals surface area contributed by atoms with E-state index in [0.29, 0.717) is 29.4 Å². The maximum Gasteiger partial charge on any atom is 0.212 e. The third kappa shape index (κ3) is 3.82. The van der Waals surface area contributed by atoms with Crippen LogP contribution < -0.4 is 9.47 Å². The number of aryl methyl sites for hydroxylation is 1. The van der Waals surface area contributed by atoms with E-state index in [0.717, 1.165) is 43.7 Å². The van der Waals surface area contributed by atoms with Crippen LogP contribution in [0, 0.1) is 0 Å². The fourth-order valence-electron chi connectivity index (χ4n) is 3.69. The quantitative estimate of drug-likeness (QED) is 0.256. The van der Waals surface area contributed by atoms with Gasteiger partial charge in [0.25, 0.3) is 0 Å². The zero-order chi connectivity index (χ0) is 23.1. The normalized spacial score (nSPS) is 11.5. The summed E-state index contributed by atoms with van der Waals surface area (Å²) >= 11 is 3.19. The fraction of sp³-hybridized carbons (Fsp3) is 0.160. The van der Waals surface area contributed by atoms with Gasteiger partial charge in [0, 0.05) is 23.1 Å². The summed E-state index contributed by atoms with van der Waals surface area (Å²) in [5.41, 5.74) is 3.37. The number of furan rings is 1. The van der Waals surface area contributed by atoms with E-state index in [2.05, 4.69) is 29.1 Å². The minimum Gasteiger partial charge on any atom is -0.496 e. The molecular weight excluding hydrogens is 468 g/mol. The SMILES string of the molecule is CCc1nn2cc(-c3cc4c(OCc5csc(-c6ccccc6)n5)cc(OC)cc4o3)nc2s1. The highest BCUT2D eigenvalue weighted by atomic mass is 32.1. The Labute approximate surface area is 203 Å². The van der Waals surface area contributed by atoms with Gasteiger partial charge in [0.15, 0.2) is 5.76 Å². The molecule has 0 unspecified atom stereocenters. The van der Waals surface area contributed by atoms with Crippen LogP contribution in [0.2, 0.25) is 0 Å². The van der Waals surface area contributed by atoms with Crippen molar-refractivity contribution in [3.8, 4) is 33.5 Å². The van der Waals surface area contributed by atoms with E-state index in [-0.39, 0.29) is 0 Å². The summed E-state index contributed by atoms with van der Waals surface area (Å²) in [7, 11) is 1.63. The first-order valence-electron chi connectivity index (χ1n) is 10.8. The number of benzene rings is 2. The lowest BCUT2D eigenvalue weighted by molar-refractivity contribution is 0.303. The molecule has 0 saturated carbocycles. The van der Waals surface area contributed by atoms with Gasteiger partial charge in [-0.2, -0.15) is 5.10 Å². The fourth-order valence-corrected chi connectivity index (χ4v) is 5.31. The number of nitrogens with zero attached hydrogens (tertiary/aromatic N) is 4. The molecule has 0 fully saturated rings. The minimum atomic E-state index is 0.343. The van der Waals surface area contributed by atoms with Crippen LogP contribution in [0.25, 0.3) is 38.0 Å². The molecule has 0 aliphatic heterocycles. The summed E-state index contributed by atoms with van der Waals surface area (Å²) in [5.74, 6) is 1.99. The molecule has 0 aliphatic carbocycles. The number of hydrogen-bond acceptors (Lipinski definition) is 8. The lowest BCUT2D eigenvalue weighted by atomic mass is 10.2. The van der Waals surface area contributed by atoms with Crippen molar-refractivity contribution in [2.45, 2.75) is 20.0 Å². The molecule has 9 heteroatoms. The molecule has 0 N–H and O–H groups in total. The zero-order valence-electron chi connectivity index (χ0n) is 18.5. The number of hydrogen-bond donors (Lipinski definition) is 0. The summed E-state index contributed by atoms with van der Waals surface area (Å²) in [4.78, 5) is 10.3. The smallest absolute Gasteiger partial charge is 0.212 e. The number of aromatic nitrogens is 4. The first kappa shape index (κ1) is 20.9. The highest BCUT2D eigenvalue weighted by molar-refractivity contribution is 7.16. The zero-order valence-corrected chi connectivity index (χ0v) is 20.2. The Morgan fingerprint density at radius 1 is 1.09 bits per heavy atom. The van der Waals surface area contributed by atoms with E-state index in [1.807, 2.05) is 48.0 Å². The molecule has 2 aromatic carbocycles. The largest absolute Gasteiger partial charge is 0.496 e. The summed E-state index contributed by atoms with van der Waals surface area (Å²) in [6.45, 7) is 2.43. The number of rotatable bonds is 7. The standard InChI is InChI=1S/C25H20N4O3S2/c1-3-23-28-29-12-19(27-25(29)34-23)22-11-18-20(9-17(30-2)10-21(18)32-22)31-13-16-14-33-24(26-16)15-7-5-4-6-8-15/h4-12,14H,3,13H2,1-2H3. The van der Waals surface area contributed by atoms with E-state index >= 15 is 0 Å². The highest BCUT2D eigenvalue weighted by Gasteiger charge is 2.17. The van der Waals surface area contributed by atoms with Crippen LogP contribution in [0.4, 0.5) is 0 Å². The van der Waals surface area contributed by atoms with Crippen LogP contribution >= 0.6 is 22.7 Å². The van der Waals surface area contributed by atoms with Gasteiger partial charge in [-0.15, -0.1) is 11.3 Å². The van der Waals surface area contributed by atoms with Crippen molar-refractivity contribution in [3.63, 3.8) is 0 Å². The molecule has 0 bridgehead atoms. The lowest BCUT2D eigenvalue weighted by Gasteiger charge is -2.07. The van der Waals surface area contributed by atoms with Crippen molar-refractivity contribution in [3.05, 3.63) is 70.8 Å². The van der Waals surface area contributed by atoms with Crippen LogP contribution in [-0.4, -0.2) is 26.7 Å². The van der Waals surface area contributed by atoms with Gasteiger partial charge in [0.05, 0.1) is 24.4 Å². The molecule has 0 saturated heterocycles. The van der Waals surface area contributed by atoms with Crippen molar-refractivity contribution in [2.75, 3.05) is 7.11 Å². The molecule has 34 heavy (non-hydrogen) atoms. The van der Waals surface area contributed by atoms with Crippen LogP contribution in [0.15, 0.2) is 64.5 Å². The number of methoxy groups -OCH3 is 1. The second-order valence-electron chi connectivity index (χ2n) is 7.65. The van der Waals surface area contributed by atoms with E-state index in [1.54, 1.807) is 34.3 Å². The Hall–Kier alpha value is -3.69. The number of fused-ring (bicyclic) bond motifs is 2. The van der Waals surface area contributed by atoms with E-state index in [4.69, 9.17) is 18.9 Å². The summed E-state index contributed by atoms with van der Waals surface area (Å²) in [5, 5.41) is 9.45. The van der Waals surface area contributed by atoms with Crippen LogP contribution in [0.3, 0.4) is 0 Å². The maximum absolute atomic E-state index is 6.19. The molecule has 170 valence electrons. The molecule has 6 rings (SSSR count). The molecule has 6 aromatic rings. The first-order chi connectivity index (χ1) is 16.7. The highest BCUT2D eigenvalue weighted by Crippen LogP contribution is 2.37. The Balaban J connectivity index is 1.30. The average Bonchev–Trinajstić information content (AvgIpc) is 3.65. The summed E-state index contributed by atoms with van der Waals surface area (Å²) in [6.07, 6.45) is 2.78. The Morgan fingerprint density at radius 3 is 2.76 bits per heavy atom. The minimum absolute atomic E-state index is 0.343. The molecule has 0 radical (unpaired) electrons. The van der Waals surface area contributed by atoms with Gasteiger partial charge in [-0.25, -0.2) is 14.5 Å². The van der Waals surface area contributed by atoms with Crippen LogP contribution in [-0.2, 0) is 13.0 Å². The lowest BCUT2D eigenvalue weighted by Crippen LogP contribution is -1.96. The van der Waals surface area contributed by atoms with Gasteiger partial charge in [0.1, 0.15) is 39.4 Å². The Bertz CT molecular complexity index is 1570. The van der Waals surface area contributed by atoms with E-state index in [1.165, 1.54) is 0 Å². The molecule has 7 nitrogen and oxygen atoms in total. The van der Waals surface area contributed by atoms with Crippen molar-refractivity contribution >= 4 is 38.6 Å². The third-order valence-electron chi connectivity index (χ3n) is 5.40. The molecule has 4 heterocycles. The topological polar surface area (TPSA) is 74.7 Å². The monoisotopic (exact) mass is 488 g/mol. The van der Waals surface area contributed by atoms with Gasteiger partial charge in [-0.05, 0) is 12.5 Å². The molecular formula is C25H20N4O3S2. The molecule has 0 atom stereocenters. The van der Waals surface area contributed by atoms with Crippen molar-refractivity contribution < 1.29 is 13.9 Å². The molecule has 4 aromatic heterocycles. The second-order valence-corrected chi connectivity index (χ2v) is 9.55. The van der Waals surface area contributed by atoms with E-state index in [9.17, 15) is 0 Å². The first-order valence-corrected chi connectivity index (χ1v) is 12.5. The molecule has 0 amide bonds. The van der Waals surface area contributed by atoms with Crippen LogP contribution in [0.5, 0.6) is 11.5 Å². The van der Waals surface area contributed by atoms with Gasteiger partial charge in [-0.3, -0.25) is 0 Å². The Kier molecular flexibility index (Phi) is 5.27. The van der Waals surface area contributed by atoms with Crippen molar-refractivity contribution in [2.24, 2.45) is 0 Å². The van der Waals surface area contributed by atoms with Gasteiger partial charge >= 0.3 is 0 Å². The summed E-state index contributed by atoms with van der Waals surface area (Å²) in [6, 6.07) is 15.8. The molecule has 0 aliphatic rings. The number of thiazole rings is 1. The third-order valence-corrected chi connectivity index (χ3v) is 7.40. The van der Waals surface area contributed by atoms with Gasteiger partial charge in [-0.1, -0.05) is 48.6 Å². The Morgan fingerprint density at radius 2 is 1.97 bits per heavy atom. The van der Waals surface area contributed by atoms with Crippen molar-refractivity contribution in [1.82, 2.24) is 19.6 Å². The second kappa shape index (κ2) is 8.58. The van der Waals surface area contributed by atoms with Gasteiger partial charge in [0.2, 0.25) is 4.96 Å². The maximum atomic E-state index is 6.19. The number of ether oxygens (including phenoxy) is 2. The van der Waals surface area contributed by atoms with E-state index < -0.39 is 0 Å². The van der Waals surface area contributed by atoms with Gasteiger partial charge < -0.3 is 13.9 Å². The summed E-state index contributed by atoms with van der Waals surface area (Å²) < 4.78 is 19.6. The molecule has 0 spiro atoms.